The maximum absolute atomic E-state index is 11.7. The first-order valence-corrected chi connectivity index (χ1v) is 7.36. The van der Waals surface area contributed by atoms with Crippen molar-refractivity contribution in [2.24, 2.45) is 5.92 Å². The van der Waals surface area contributed by atoms with Gasteiger partial charge in [0.25, 0.3) is 0 Å². The topological polar surface area (TPSA) is 75.6 Å². The van der Waals surface area contributed by atoms with Crippen LogP contribution < -0.4 is 5.32 Å². The number of esters is 1. The summed E-state index contributed by atoms with van der Waals surface area (Å²) in [5, 5.41) is 13.0. The van der Waals surface area contributed by atoms with Gasteiger partial charge in [0.1, 0.15) is 5.75 Å². The average Bonchev–Trinajstić information content (AvgIpc) is 3.22. The van der Waals surface area contributed by atoms with Gasteiger partial charge in [0.2, 0.25) is 5.91 Å². The number of amides is 1. The molecule has 1 fully saturated rings. The molecule has 1 aliphatic carbocycles. The summed E-state index contributed by atoms with van der Waals surface area (Å²) >= 11 is 0. The van der Waals surface area contributed by atoms with Crippen LogP contribution in [0.3, 0.4) is 0 Å². The Kier molecular flexibility index (Phi) is 4.83. The molecule has 1 aromatic rings. The number of phenolic OH excluding ortho intramolecular Hbond substituents is 1. The van der Waals surface area contributed by atoms with E-state index in [9.17, 15) is 14.7 Å². The van der Waals surface area contributed by atoms with E-state index in [-0.39, 0.29) is 29.5 Å². The van der Waals surface area contributed by atoms with Crippen LogP contribution in [-0.2, 0) is 14.3 Å². The maximum atomic E-state index is 11.7. The first-order chi connectivity index (χ1) is 10.1. The molecule has 5 nitrogen and oxygen atoms in total. The van der Waals surface area contributed by atoms with Crippen LogP contribution >= 0.6 is 0 Å². The van der Waals surface area contributed by atoms with Crippen molar-refractivity contribution in [2.45, 2.75) is 39.0 Å². The lowest BCUT2D eigenvalue weighted by atomic mass is 10.1. The summed E-state index contributed by atoms with van der Waals surface area (Å²) in [5.41, 5.74) is 1.10. The Morgan fingerprint density at radius 3 is 2.81 bits per heavy atom. The third-order valence-corrected chi connectivity index (χ3v) is 3.60. The van der Waals surface area contributed by atoms with E-state index in [1.54, 1.807) is 25.1 Å². The molecule has 1 saturated carbocycles. The number of carbonyl (C=O) groups excluding carboxylic acids is 2. The Balaban J connectivity index is 2.09. The molecule has 0 spiro atoms. The van der Waals surface area contributed by atoms with E-state index in [0.29, 0.717) is 30.7 Å². The minimum Gasteiger partial charge on any atom is -0.505 e. The molecule has 0 bridgehead atoms. The molecular weight excluding hydrogens is 270 g/mol. The minimum absolute atomic E-state index is 0.0212. The summed E-state index contributed by atoms with van der Waals surface area (Å²) in [6.07, 6.45) is 1.84. The molecule has 2 atom stereocenters. The van der Waals surface area contributed by atoms with Crippen LogP contribution in [0.4, 0.5) is 5.69 Å². The van der Waals surface area contributed by atoms with E-state index in [1.165, 1.54) is 0 Å². The lowest BCUT2D eigenvalue weighted by Gasteiger charge is -2.10. The van der Waals surface area contributed by atoms with Crippen LogP contribution in [0.1, 0.15) is 44.6 Å². The van der Waals surface area contributed by atoms with Gasteiger partial charge in [-0.05, 0) is 25.8 Å². The van der Waals surface area contributed by atoms with Crippen molar-refractivity contribution in [1.29, 1.82) is 0 Å². The van der Waals surface area contributed by atoms with Gasteiger partial charge in [0.15, 0.2) is 0 Å². The maximum Gasteiger partial charge on any atom is 0.309 e. The van der Waals surface area contributed by atoms with Gasteiger partial charge in [-0.25, -0.2) is 0 Å². The summed E-state index contributed by atoms with van der Waals surface area (Å²) in [6.45, 7) is 4.06. The second kappa shape index (κ2) is 6.61. The van der Waals surface area contributed by atoms with E-state index >= 15 is 0 Å². The monoisotopic (exact) mass is 291 g/mol. The minimum atomic E-state index is -0.220. The second-order valence-electron chi connectivity index (χ2n) is 5.24. The van der Waals surface area contributed by atoms with Crippen LogP contribution in [0.15, 0.2) is 18.2 Å². The largest absolute Gasteiger partial charge is 0.505 e. The molecule has 0 aromatic heterocycles. The first-order valence-electron chi connectivity index (χ1n) is 7.36. The third-order valence-electron chi connectivity index (χ3n) is 3.60. The fraction of sp³-hybridized carbons (Fsp3) is 0.500. The predicted molar refractivity (Wildman–Crippen MR) is 79.1 cm³/mol. The Morgan fingerprint density at radius 1 is 1.38 bits per heavy atom. The normalized spacial score (nSPS) is 19.9. The molecule has 2 rings (SSSR count). The van der Waals surface area contributed by atoms with Gasteiger partial charge < -0.3 is 15.2 Å². The number of phenols is 1. The van der Waals surface area contributed by atoms with Gasteiger partial charge in [-0.3, -0.25) is 9.59 Å². The molecule has 2 N–H and O–H groups in total. The quantitative estimate of drug-likeness (QED) is 0.624. The van der Waals surface area contributed by atoms with E-state index in [0.717, 1.165) is 6.42 Å². The molecule has 21 heavy (non-hydrogen) atoms. The molecule has 1 amide bonds. The third kappa shape index (κ3) is 3.54. The van der Waals surface area contributed by atoms with Crippen molar-refractivity contribution in [3.63, 3.8) is 0 Å². The van der Waals surface area contributed by atoms with E-state index in [4.69, 9.17) is 4.74 Å². The highest BCUT2D eigenvalue weighted by molar-refractivity contribution is 5.92. The van der Waals surface area contributed by atoms with Gasteiger partial charge in [0.05, 0.1) is 18.2 Å². The lowest BCUT2D eigenvalue weighted by molar-refractivity contribution is -0.144. The first kappa shape index (κ1) is 15.4. The van der Waals surface area contributed by atoms with Crippen molar-refractivity contribution in [2.75, 3.05) is 11.9 Å². The predicted octanol–water partition coefficient (Wildman–Crippen LogP) is 2.80. The number of rotatable bonds is 6. The van der Waals surface area contributed by atoms with Crippen molar-refractivity contribution in [3.05, 3.63) is 23.8 Å². The van der Waals surface area contributed by atoms with Gasteiger partial charge in [-0.1, -0.05) is 19.1 Å². The van der Waals surface area contributed by atoms with Gasteiger partial charge in [-0.2, -0.15) is 0 Å². The summed E-state index contributed by atoms with van der Waals surface area (Å²) in [7, 11) is 0. The molecule has 1 aromatic carbocycles. The zero-order valence-electron chi connectivity index (χ0n) is 12.4. The number of ether oxygens (including phenoxy) is 1. The van der Waals surface area contributed by atoms with E-state index in [1.807, 2.05) is 6.92 Å². The van der Waals surface area contributed by atoms with Crippen molar-refractivity contribution < 1.29 is 19.4 Å². The number of hydrogen-bond acceptors (Lipinski definition) is 4. The van der Waals surface area contributed by atoms with Gasteiger partial charge >= 0.3 is 5.97 Å². The molecule has 0 radical (unpaired) electrons. The SMILES string of the molecule is CCCC(=O)Nc1cccc([C@@H]2C[C@H]2C(=O)OCC)c1O. The smallest absolute Gasteiger partial charge is 0.309 e. The Labute approximate surface area is 124 Å². The molecule has 0 heterocycles. The zero-order valence-corrected chi connectivity index (χ0v) is 12.4. The van der Waals surface area contributed by atoms with Crippen LogP contribution in [0.5, 0.6) is 5.75 Å². The number of nitrogens with one attached hydrogen (secondary N) is 1. The molecule has 114 valence electrons. The highest BCUT2D eigenvalue weighted by Crippen LogP contribution is 2.52. The van der Waals surface area contributed by atoms with Crippen molar-refractivity contribution in [3.8, 4) is 5.75 Å². The van der Waals surface area contributed by atoms with Gasteiger partial charge in [0, 0.05) is 17.9 Å². The average molecular weight is 291 g/mol. The van der Waals surface area contributed by atoms with Crippen LogP contribution in [0, 0.1) is 5.92 Å². The van der Waals surface area contributed by atoms with Gasteiger partial charge in [-0.15, -0.1) is 0 Å². The molecule has 0 unspecified atom stereocenters. The van der Waals surface area contributed by atoms with Crippen LogP contribution in [0.2, 0.25) is 0 Å². The highest BCUT2D eigenvalue weighted by atomic mass is 16.5. The van der Waals surface area contributed by atoms with Crippen LogP contribution in [0.25, 0.3) is 0 Å². The van der Waals surface area contributed by atoms with E-state index < -0.39 is 0 Å². The number of aromatic hydroxyl groups is 1. The number of anilines is 1. The fourth-order valence-corrected chi connectivity index (χ4v) is 2.45. The van der Waals surface area contributed by atoms with Crippen LogP contribution in [-0.4, -0.2) is 23.6 Å². The number of hydrogen-bond donors (Lipinski definition) is 2. The summed E-state index contributed by atoms with van der Waals surface area (Å²) in [6, 6.07) is 5.22. The number of carbonyl (C=O) groups is 2. The molecule has 0 aliphatic heterocycles. The summed E-state index contributed by atoms with van der Waals surface area (Å²) < 4.78 is 4.99. The van der Waals surface area contributed by atoms with E-state index in [2.05, 4.69) is 5.32 Å². The second-order valence-corrected chi connectivity index (χ2v) is 5.24. The summed E-state index contributed by atoms with van der Waals surface area (Å²) in [4.78, 5) is 23.3. The van der Waals surface area contributed by atoms with Crippen molar-refractivity contribution >= 4 is 17.6 Å². The number of benzene rings is 1. The standard InChI is InChI=1S/C16H21NO4/c1-3-6-14(18)17-13-8-5-7-10(15(13)19)11-9-12(11)16(20)21-4-2/h5,7-8,11-12,19H,3-4,6,9H2,1-2H3,(H,17,18)/t11-,12+/m0/s1. The Bertz CT molecular complexity index is 541. The zero-order chi connectivity index (χ0) is 15.4. The summed E-state index contributed by atoms with van der Waals surface area (Å²) in [5.74, 6) is -0.492. The Morgan fingerprint density at radius 2 is 2.14 bits per heavy atom. The van der Waals surface area contributed by atoms with Crippen molar-refractivity contribution in [1.82, 2.24) is 0 Å². The lowest BCUT2D eigenvalue weighted by Crippen LogP contribution is -2.11. The molecule has 0 saturated heterocycles. The fourth-order valence-electron chi connectivity index (χ4n) is 2.45. The molecule has 1 aliphatic rings. The molecule has 5 heteroatoms. The highest BCUT2D eigenvalue weighted by Gasteiger charge is 2.46. The number of para-hydroxylation sites is 1. The molecular formula is C16H21NO4. The Hall–Kier alpha value is -2.04.